The number of pyridine rings is 1. The molecule has 2 heterocycles. The molecule has 0 unspecified atom stereocenters. The van der Waals surface area contributed by atoms with Crippen molar-refractivity contribution in [2.75, 3.05) is 16.2 Å². The molecule has 38 heavy (non-hydrogen) atoms. The highest BCUT2D eigenvalue weighted by atomic mass is 32.2. The number of rotatable bonds is 8. The highest BCUT2D eigenvalue weighted by molar-refractivity contribution is 7.92. The van der Waals surface area contributed by atoms with E-state index in [0.717, 1.165) is 30.2 Å². The number of hydrogen-bond donors (Lipinski definition) is 2. The van der Waals surface area contributed by atoms with Gasteiger partial charge < -0.3 is 15.0 Å². The second-order valence-electron chi connectivity index (χ2n) is 9.94. The summed E-state index contributed by atoms with van der Waals surface area (Å²) in [5.74, 6) is -0.130. The van der Waals surface area contributed by atoms with E-state index in [4.69, 9.17) is 10.5 Å². The van der Waals surface area contributed by atoms with Gasteiger partial charge in [-0.3, -0.25) is 4.72 Å². The van der Waals surface area contributed by atoms with E-state index >= 15 is 4.39 Å². The van der Waals surface area contributed by atoms with Crippen molar-refractivity contribution in [3.05, 3.63) is 66.1 Å². The lowest BCUT2D eigenvalue weighted by Crippen LogP contribution is -2.20. The normalized spacial score (nSPS) is 13.9. The van der Waals surface area contributed by atoms with Crippen LogP contribution in [0.2, 0.25) is 0 Å². The van der Waals surface area contributed by atoms with Crippen LogP contribution in [0.5, 0.6) is 11.6 Å². The van der Waals surface area contributed by atoms with Gasteiger partial charge in [0.25, 0.3) is 0 Å². The average molecular weight is 534 g/mol. The summed E-state index contributed by atoms with van der Waals surface area (Å²) >= 11 is 0. The predicted octanol–water partition coefficient (Wildman–Crippen LogP) is 6.21. The Morgan fingerprint density at radius 1 is 1.24 bits per heavy atom. The van der Waals surface area contributed by atoms with Crippen molar-refractivity contribution in [3.63, 3.8) is 0 Å². The standard InChI is InChI=1S/C28H28FN5O3S/c1-17(2)16-38(35,36)33-25-11-8-18(13-23(25)29)27-22(15-30)21-10-9-20(37-28-24(31)7-4-12-32-28)14-26(21)34(27)19-5-3-6-19/h4,7-14,17,19,33H,3,5-6,16,31H2,1-2H3. The first kappa shape index (κ1) is 25.5. The number of nitrogens with zero attached hydrogens (tertiary/aromatic N) is 3. The summed E-state index contributed by atoms with van der Waals surface area (Å²) < 4.78 is 50.3. The van der Waals surface area contributed by atoms with Gasteiger partial charge >= 0.3 is 0 Å². The third-order valence-corrected chi connectivity index (χ3v) is 8.24. The maximum Gasteiger partial charge on any atom is 0.242 e. The molecule has 0 bridgehead atoms. The summed E-state index contributed by atoms with van der Waals surface area (Å²) in [7, 11) is -3.69. The second kappa shape index (κ2) is 9.99. The van der Waals surface area contributed by atoms with Gasteiger partial charge in [0.2, 0.25) is 15.9 Å². The zero-order valence-corrected chi connectivity index (χ0v) is 21.9. The van der Waals surface area contributed by atoms with E-state index < -0.39 is 15.8 Å². The van der Waals surface area contributed by atoms with Crippen LogP contribution in [-0.2, 0) is 10.0 Å². The molecular formula is C28H28FN5O3S. The molecule has 0 amide bonds. The third kappa shape index (κ3) is 4.89. The largest absolute Gasteiger partial charge is 0.437 e. The van der Waals surface area contributed by atoms with Gasteiger partial charge in [-0.1, -0.05) is 19.9 Å². The van der Waals surface area contributed by atoms with E-state index in [1.165, 1.54) is 12.1 Å². The van der Waals surface area contributed by atoms with Crippen LogP contribution >= 0.6 is 0 Å². The van der Waals surface area contributed by atoms with Crippen molar-refractivity contribution in [2.24, 2.45) is 5.92 Å². The van der Waals surface area contributed by atoms with E-state index in [-0.39, 0.29) is 29.3 Å². The summed E-state index contributed by atoms with van der Waals surface area (Å²) in [4.78, 5) is 4.19. The molecular weight excluding hydrogens is 505 g/mol. The molecule has 2 aromatic heterocycles. The predicted molar refractivity (Wildman–Crippen MR) is 146 cm³/mol. The number of fused-ring (bicyclic) bond motifs is 1. The molecule has 196 valence electrons. The lowest BCUT2D eigenvalue weighted by Gasteiger charge is -2.30. The number of halogens is 1. The number of anilines is 2. The van der Waals surface area contributed by atoms with Gasteiger partial charge in [-0.2, -0.15) is 5.26 Å². The Morgan fingerprint density at radius 3 is 2.66 bits per heavy atom. The molecule has 3 N–H and O–H groups in total. The SMILES string of the molecule is CC(C)CS(=O)(=O)Nc1ccc(-c2c(C#N)c3ccc(Oc4ncccc4N)cc3n2C2CCC2)cc1F. The molecule has 1 aliphatic carbocycles. The number of nitrogens with one attached hydrogen (secondary N) is 1. The summed E-state index contributed by atoms with van der Waals surface area (Å²) in [6.07, 6.45) is 4.50. The molecule has 0 aliphatic heterocycles. The highest BCUT2D eigenvalue weighted by Crippen LogP contribution is 2.44. The Kier molecular flexibility index (Phi) is 6.71. The monoisotopic (exact) mass is 533 g/mol. The third-order valence-electron chi connectivity index (χ3n) is 6.60. The average Bonchev–Trinajstić information content (AvgIpc) is 3.13. The Labute approximate surface area is 220 Å². The van der Waals surface area contributed by atoms with Crippen molar-refractivity contribution in [2.45, 2.75) is 39.2 Å². The maximum absolute atomic E-state index is 15.2. The smallest absolute Gasteiger partial charge is 0.242 e. The minimum Gasteiger partial charge on any atom is -0.437 e. The fourth-order valence-corrected chi connectivity index (χ4v) is 6.23. The maximum atomic E-state index is 15.2. The van der Waals surface area contributed by atoms with E-state index in [9.17, 15) is 13.7 Å². The van der Waals surface area contributed by atoms with Gasteiger partial charge in [0.15, 0.2) is 0 Å². The molecule has 8 nitrogen and oxygen atoms in total. The Morgan fingerprint density at radius 2 is 2.03 bits per heavy atom. The molecule has 1 fully saturated rings. The number of benzene rings is 2. The Hall–Kier alpha value is -4.10. The molecule has 1 saturated carbocycles. The molecule has 1 aliphatic rings. The number of nitrogens with two attached hydrogens (primary N) is 1. The number of ether oxygens (including phenoxy) is 1. The lowest BCUT2D eigenvalue weighted by atomic mass is 9.92. The van der Waals surface area contributed by atoms with Crippen LogP contribution in [0.1, 0.15) is 44.7 Å². The zero-order valence-electron chi connectivity index (χ0n) is 21.1. The van der Waals surface area contributed by atoms with Crippen LogP contribution in [0.15, 0.2) is 54.7 Å². The first-order chi connectivity index (χ1) is 18.2. The van der Waals surface area contributed by atoms with E-state index in [1.807, 2.05) is 12.1 Å². The van der Waals surface area contributed by atoms with Crippen molar-refractivity contribution in [1.29, 1.82) is 5.26 Å². The molecule has 0 saturated heterocycles. The van der Waals surface area contributed by atoms with Gasteiger partial charge in [0, 0.05) is 29.3 Å². The molecule has 0 radical (unpaired) electrons. The van der Waals surface area contributed by atoms with Crippen LogP contribution in [0.3, 0.4) is 0 Å². The molecule has 2 aromatic carbocycles. The van der Waals surface area contributed by atoms with Gasteiger partial charge in [-0.05, 0) is 61.6 Å². The van der Waals surface area contributed by atoms with Gasteiger partial charge in [0.05, 0.1) is 33.9 Å². The van der Waals surface area contributed by atoms with Crippen LogP contribution in [0.4, 0.5) is 15.8 Å². The fraction of sp³-hybridized carbons (Fsp3) is 0.286. The van der Waals surface area contributed by atoms with Crippen molar-refractivity contribution in [3.8, 4) is 29.0 Å². The van der Waals surface area contributed by atoms with E-state index in [1.54, 1.807) is 44.3 Å². The molecule has 5 rings (SSSR count). The minimum atomic E-state index is -3.69. The first-order valence-corrected chi connectivity index (χ1v) is 14.1. The number of nitrogen functional groups attached to an aromatic ring is 1. The molecule has 4 aromatic rings. The Bertz CT molecular complexity index is 1670. The lowest BCUT2D eigenvalue weighted by molar-refractivity contribution is 0.324. The summed E-state index contributed by atoms with van der Waals surface area (Å²) in [6.45, 7) is 3.56. The summed E-state index contributed by atoms with van der Waals surface area (Å²) in [6, 6.07) is 15.6. The van der Waals surface area contributed by atoms with Crippen LogP contribution < -0.4 is 15.2 Å². The minimum absolute atomic E-state index is 0.103. The van der Waals surface area contributed by atoms with Crippen LogP contribution in [0, 0.1) is 23.1 Å². The number of hydrogen-bond acceptors (Lipinski definition) is 6. The molecule has 10 heteroatoms. The van der Waals surface area contributed by atoms with Crippen molar-refractivity contribution < 1.29 is 17.5 Å². The summed E-state index contributed by atoms with van der Waals surface area (Å²) in [5, 5.41) is 10.9. The first-order valence-electron chi connectivity index (χ1n) is 12.4. The van der Waals surface area contributed by atoms with Crippen LogP contribution in [0.25, 0.3) is 22.2 Å². The quantitative estimate of drug-likeness (QED) is 0.278. The number of sulfonamides is 1. The topological polar surface area (TPSA) is 123 Å². The van der Waals surface area contributed by atoms with E-state index in [0.29, 0.717) is 28.3 Å². The van der Waals surface area contributed by atoms with Gasteiger partial charge in [0.1, 0.15) is 17.6 Å². The van der Waals surface area contributed by atoms with Crippen molar-refractivity contribution in [1.82, 2.24) is 9.55 Å². The second-order valence-corrected chi connectivity index (χ2v) is 11.7. The zero-order chi connectivity index (χ0) is 27.0. The van der Waals surface area contributed by atoms with Crippen LogP contribution in [-0.4, -0.2) is 23.7 Å². The molecule has 0 atom stereocenters. The summed E-state index contributed by atoms with van der Waals surface area (Å²) in [5.41, 5.74) is 8.56. The van der Waals surface area contributed by atoms with Gasteiger partial charge in [-0.25, -0.2) is 17.8 Å². The fourth-order valence-electron chi connectivity index (χ4n) is 4.77. The Balaban J connectivity index is 1.60. The number of aromatic nitrogens is 2. The van der Waals surface area contributed by atoms with Gasteiger partial charge in [-0.15, -0.1) is 0 Å². The highest BCUT2D eigenvalue weighted by Gasteiger charge is 2.28. The number of nitriles is 1. The van der Waals surface area contributed by atoms with E-state index in [2.05, 4.69) is 20.3 Å². The molecule has 0 spiro atoms. The van der Waals surface area contributed by atoms with Crippen molar-refractivity contribution >= 4 is 32.3 Å².